The highest BCUT2D eigenvalue weighted by Gasteiger charge is 2.44. The van der Waals surface area contributed by atoms with E-state index in [2.05, 4.69) is 0 Å². The molecule has 0 radical (unpaired) electrons. The van der Waals surface area contributed by atoms with E-state index in [4.69, 9.17) is 0 Å². The van der Waals surface area contributed by atoms with Crippen LogP contribution in [0.1, 0.15) is 16.7 Å². The van der Waals surface area contributed by atoms with Gasteiger partial charge in [-0.25, -0.2) is 0 Å². The second-order valence-corrected chi connectivity index (χ2v) is 7.60. The zero-order valence-electron chi connectivity index (χ0n) is 16.0. The van der Waals surface area contributed by atoms with E-state index in [0.29, 0.717) is 5.75 Å². The fourth-order valence-corrected chi connectivity index (χ4v) is 4.31. The van der Waals surface area contributed by atoms with Crippen molar-refractivity contribution in [2.75, 3.05) is 26.2 Å². The van der Waals surface area contributed by atoms with Gasteiger partial charge in [-0.2, -0.15) is 0 Å². The molecule has 0 amide bonds. The minimum atomic E-state index is -1.05. The fourth-order valence-electron chi connectivity index (χ4n) is 4.31. The first kappa shape index (κ1) is 18.7. The Morgan fingerprint density at radius 1 is 0.679 bits per heavy atom. The van der Waals surface area contributed by atoms with E-state index in [0.717, 1.165) is 49.4 Å². The number of phenolic OH excluding ortho intramolecular Hbond substituents is 1. The molecule has 3 aromatic carbocycles. The molecule has 1 saturated heterocycles. The van der Waals surface area contributed by atoms with Crippen molar-refractivity contribution in [3.05, 3.63) is 102 Å². The average molecular weight is 377 g/mol. The molecular formula is C24H28N2O2+2. The molecule has 4 N–H and O–H groups in total. The van der Waals surface area contributed by atoms with Crippen molar-refractivity contribution in [1.29, 1.82) is 0 Å². The molecule has 0 unspecified atom stereocenters. The van der Waals surface area contributed by atoms with Gasteiger partial charge in [0.05, 0.1) is 0 Å². The van der Waals surface area contributed by atoms with Crippen molar-refractivity contribution in [3.63, 3.8) is 0 Å². The monoisotopic (exact) mass is 376 g/mol. The molecule has 0 aromatic heterocycles. The molecule has 0 saturated carbocycles. The summed E-state index contributed by atoms with van der Waals surface area (Å²) < 4.78 is 0. The summed E-state index contributed by atoms with van der Waals surface area (Å²) in [4.78, 5) is 2.61. The average Bonchev–Trinajstić information content (AvgIpc) is 2.76. The molecule has 4 rings (SSSR count). The van der Waals surface area contributed by atoms with Crippen molar-refractivity contribution in [2.24, 2.45) is 0 Å². The normalized spacial score (nSPS) is 20.0. The van der Waals surface area contributed by atoms with Gasteiger partial charge in [-0.05, 0) is 36.4 Å². The first-order valence-electron chi connectivity index (χ1n) is 9.97. The maximum atomic E-state index is 11.9. The quantitative estimate of drug-likeness (QED) is 0.526. The maximum Gasteiger partial charge on any atom is 0.253 e. The zero-order valence-corrected chi connectivity index (χ0v) is 16.0. The molecule has 0 bridgehead atoms. The van der Waals surface area contributed by atoms with Crippen LogP contribution in [-0.4, -0.2) is 36.4 Å². The Hall–Kier alpha value is -2.66. The van der Waals surface area contributed by atoms with E-state index in [-0.39, 0.29) is 0 Å². The first-order valence-corrected chi connectivity index (χ1v) is 9.97. The van der Waals surface area contributed by atoms with Crippen molar-refractivity contribution in [2.45, 2.75) is 12.3 Å². The molecule has 0 aliphatic carbocycles. The molecular weight excluding hydrogens is 348 g/mol. The van der Waals surface area contributed by atoms with Gasteiger partial charge >= 0.3 is 0 Å². The zero-order chi connectivity index (χ0) is 19.4. The Kier molecular flexibility index (Phi) is 5.44. The predicted molar refractivity (Wildman–Crippen MR) is 109 cm³/mol. The third kappa shape index (κ3) is 3.67. The minimum Gasteiger partial charge on any atom is -0.507 e. The van der Waals surface area contributed by atoms with Gasteiger partial charge in [0.2, 0.25) is 0 Å². The SMILES string of the molecule is Oc1ccccc1C[NH+]1CC[NH+](C(O)(c2ccccc2)c2ccccc2)CC1. The van der Waals surface area contributed by atoms with Gasteiger partial charge in [0.25, 0.3) is 5.72 Å². The van der Waals surface area contributed by atoms with Crippen LogP contribution in [0.2, 0.25) is 0 Å². The first-order chi connectivity index (χ1) is 13.7. The van der Waals surface area contributed by atoms with Gasteiger partial charge in [-0.1, -0.05) is 48.5 Å². The number of piperazine rings is 1. The second kappa shape index (κ2) is 8.15. The number of aromatic hydroxyl groups is 1. The molecule has 4 nitrogen and oxygen atoms in total. The summed E-state index contributed by atoms with van der Waals surface area (Å²) in [7, 11) is 0. The standard InChI is InChI=1S/C24H26N2O2/c27-23-14-8-7-9-20(23)19-25-15-17-26(18-16-25)24(28,21-10-3-1-4-11-21)22-12-5-2-6-13-22/h1-14,27-28H,15-19H2/p+2. The Morgan fingerprint density at radius 2 is 1.18 bits per heavy atom. The molecule has 0 spiro atoms. The molecule has 1 heterocycles. The Balaban J connectivity index is 1.54. The van der Waals surface area contributed by atoms with Crippen molar-refractivity contribution < 1.29 is 20.0 Å². The Morgan fingerprint density at radius 3 is 1.71 bits per heavy atom. The molecule has 1 aliphatic rings. The molecule has 144 valence electrons. The van der Waals surface area contributed by atoms with Crippen LogP contribution in [-0.2, 0) is 12.3 Å². The third-order valence-electron chi connectivity index (χ3n) is 5.89. The summed E-state index contributed by atoms with van der Waals surface area (Å²) in [6, 6.07) is 27.6. The lowest BCUT2D eigenvalue weighted by Gasteiger charge is -2.40. The lowest BCUT2D eigenvalue weighted by molar-refractivity contribution is -1.06. The van der Waals surface area contributed by atoms with Gasteiger partial charge in [-0.15, -0.1) is 0 Å². The van der Waals surface area contributed by atoms with Gasteiger partial charge in [0.15, 0.2) is 0 Å². The number of aliphatic hydroxyl groups is 1. The van der Waals surface area contributed by atoms with E-state index >= 15 is 0 Å². The highest BCUT2D eigenvalue weighted by molar-refractivity contribution is 5.33. The number of para-hydroxylation sites is 1. The molecule has 1 aliphatic heterocycles. The molecule has 1 fully saturated rings. The summed E-state index contributed by atoms with van der Waals surface area (Å²) in [5.41, 5.74) is 1.80. The number of hydrogen-bond donors (Lipinski definition) is 4. The Labute approximate surface area is 166 Å². The van der Waals surface area contributed by atoms with Gasteiger partial charge in [-0.3, -0.25) is 4.90 Å². The number of phenols is 1. The van der Waals surface area contributed by atoms with Crippen molar-refractivity contribution in [1.82, 2.24) is 0 Å². The summed E-state index contributed by atoms with van der Waals surface area (Å²) in [5.74, 6) is 0.370. The largest absolute Gasteiger partial charge is 0.507 e. The minimum absolute atomic E-state index is 0.370. The molecule has 0 atom stereocenters. The summed E-state index contributed by atoms with van der Waals surface area (Å²) in [6.07, 6.45) is 0. The lowest BCUT2D eigenvalue weighted by Crippen LogP contribution is -3.30. The van der Waals surface area contributed by atoms with Crippen LogP contribution >= 0.6 is 0 Å². The summed E-state index contributed by atoms with van der Waals surface area (Å²) >= 11 is 0. The number of rotatable bonds is 5. The van der Waals surface area contributed by atoms with Crippen LogP contribution in [0, 0.1) is 0 Å². The van der Waals surface area contributed by atoms with E-state index in [1.165, 1.54) is 9.80 Å². The number of nitrogens with one attached hydrogen (secondary N) is 2. The molecule has 28 heavy (non-hydrogen) atoms. The van der Waals surface area contributed by atoms with Crippen LogP contribution in [0.15, 0.2) is 84.9 Å². The van der Waals surface area contributed by atoms with E-state index in [9.17, 15) is 10.2 Å². The predicted octanol–water partition coefficient (Wildman–Crippen LogP) is 0.569. The van der Waals surface area contributed by atoms with Crippen molar-refractivity contribution in [3.8, 4) is 5.75 Å². The van der Waals surface area contributed by atoms with Crippen LogP contribution in [0.3, 0.4) is 0 Å². The van der Waals surface area contributed by atoms with Crippen LogP contribution in [0.5, 0.6) is 5.75 Å². The molecule has 3 aromatic rings. The van der Waals surface area contributed by atoms with Gasteiger partial charge in [0.1, 0.15) is 38.5 Å². The summed E-state index contributed by atoms with van der Waals surface area (Å²) in [5, 5.41) is 22.0. The van der Waals surface area contributed by atoms with Gasteiger partial charge < -0.3 is 15.1 Å². The van der Waals surface area contributed by atoms with Crippen LogP contribution < -0.4 is 9.80 Å². The fraction of sp³-hybridized carbons (Fsp3) is 0.250. The van der Waals surface area contributed by atoms with Crippen LogP contribution in [0.25, 0.3) is 0 Å². The Bertz CT molecular complexity index is 851. The van der Waals surface area contributed by atoms with Crippen molar-refractivity contribution >= 4 is 0 Å². The summed E-state index contributed by atoms with van der Waals surface area (Å²) in [6.45, 7) is 4.44. The van der Waals surface area contributed by atoms with Gasteiger partial charge in [0, 0.05) is 16.7 Å². The van der Waals surface area contributed by atoms with E-state index in [1.807, 2.05) is 78.9 Å². The highest BCUT2D eigenvalue weighted by Crippen LogP contribution is 2.23. The third-order valence-corrected chi connectivity index (χ3v) is 5.89. The second-order valence-electron chi connectivity index (χ2n) is 7.60. The topological polar surface area (TPSA) is 49.3 Å². The van der Waals surface area contributed by atoms with Crippen LogP contribution in [0.4, 0.5) is 0 Å². The number of quaternary nitrogens is 2. The molecule has 4 heteroatoms. The van der Waals surface area contributed by atoms with E-state index < -0.39 is 5.72 Å². The van der Waals surface area contributed by atoms with E-state index in [1.54, 1.807) is 6.07 Å². The lowest BCUT2D eigenvalue weighted by atomic mass is 9.92. The highest BCUT2D eigenvalue weighted by atomic mass is 16.3. The number of hydrogen-bond acceptors (Lipinski definition) is 2. The maximum absolute atomic E-state index is 11.9. The number of benzene rings is 3. The smallest absolute Gasteiger partial charge is 0.253 e.